The predicted octanol–water partition coefficient (Wildman–Crippen LogP) is 2.77. The Morgan fingerprint density at radius 1 is 1.15 bits per heavy atom. The number of hydrogen-bond donors (Lipinski definition) is 0. The van der Waals surface area contributed by atoms with E-state index >= 15 is 0 Å². The van der Waals surface area contributed by atoms with Gasteiger partial charge in [0, 0.05) is 13.1 Å². The van der Waals surface area contributed by atoms with Crippen LogP contribution in [0.25, 0.3) is 0 Å². The lowest BCUT2D eigenvalue weighted by Gasteiger charge is -2.18. The van der Waals surface area contributed by atoms with Crippen LogP contribution >= 0.6 is 0 Å². The van der Waals surface area contributed by atoms with Crippen LogP contribution < -0.4 is 0 Å². The van der Waals surface area contributed by atoms with Crippen LogP contribution in [0.3, 0.4) is 0 Å². The first-order valence-electron chi connectivity index (χ1n) is 4.91. The van der Waals surface area contributed by atoms with E-state index in [1.807, 2.05) is 0 Å². The molecule has 0 spiro atoms. The molecule has 13 heavy (non-hydrogen) atoms. The first-order valence-corrected chi connectivity index (χ1v) is 4.91. The average Bonchev–Trinajstić information content (AvgIpc) is 2.04. The maximum absolute atomic E-state index is 2.36. The molecule has 0 amide bonds. The molecular weight excluding hydrogens is 158 g/mol. The second-order valence-corrected chi connectivity index (χ2v) is 4.08. The van der Waals surface area contributed by atoms with E-state index in [0.29, 0.717) is 0 Å². The maximum Gasteiger partial charge on any atom is 0.0230 e. The largest absolute Gasteiger partial charge is 0.302 e. The quantitative estimate of drug-likeness (QED) is 0.683. The molecule has 0 radical (unpaired) electrons. The van der Waals surface area contributed by atoms with Crippen molar-refractivity contribution in [2.75, 3.05) is 13.6 Å². The third-order valence-corrected chi connectivity index (χ3v) is 1.97. The van der Waals surface area contributed by atoms with Crippen molar-refractivity contribution < 1.29 is 0 Å². The highest BCUT2D eigenvalue weighted by Gasteiger charge is 2.01. The molecule has 1 nitrogen and oxygen atoms in total. The summed E-state index contributed by atoms with van der Waals surface area (Å²) in [4.78, 5) is 2.36. The Hall–Kier alpha value is -0.820. The Kier molecular flexibility index (Phi) is 3.97. The van der Waals surface area contributed by atoms with Gasteiger partial charge in [0.25, 0.3) is 0 Å². The molecule has 0 unspecified atom stereocenters. The smallest absolute Gasteiger partial charge is 0.0230 e. The zero-order valence-electron chi connectivity index (χ0n) is 8.83. The van der Waals surface area contributed by atoms with Gasteiger partial charge in [0.15, 0.2) is 0 Å². The van der Waals surface area contributed by atoms with Gasteiger partial charge in [-0.15, -0.1) is 0 Å². The molecule has 72 valence electrons. The SMILES string of the molecule is CC(C)CN(C)Cc1ccccc1. The molecule has 0 atom stereocenters. The van der Waals surface area contributed by atoms with Gasteiger partial charge in [0.05, 0.1) is 0 Å². The summed E-state index contributed by atoms with van der Waals surface area (Å²) in [6.07, 6.45) is 0. The lowest BCUT2D eigenvalue weighted by atomic mass is 10.2. The minimum Gasteiger partial charge on any atom is -0.302 e. The second-order valence-electron chi connectivity index (χ2n) is 4.08. The van der Waals surface area contributed by atoms with Crippen molar-refractivity contribution in [2.45, 2.75) is 20.4 Å². The van der Waals surface area contributed by atoms with Gasteiger partial charge in [-0.1, -0.05) is 44.2 Å². The minimum absolute atomic E-state index is 0.744. The van der Waals surface area contributed by atoms with Crippen molar-refractivity contribution in [2.24, 2.45) is 5.92 Å². The predicted molar refractivity (Wildman–Crippen MR) is 57.6 cm³/mol. The van der Waals surface area contributed by atoms with Crippen LogP contribution in [-0.4, -0.2) is 18.5 Å². The van der Waals surface area contributed by atoms with E-state index in [0.717, 1.165) is 19.0 Å². The summed E-state index contributed by atoms with van der Waals surface area (Å²) in [5.74, 6) is 0.744. The molecule has 0 fully saturated rings. The van der Waals surface area contributed by atoms with E-state index in [9.17, 15) is 0 Å². The number of nitrogens with zero attached hydrogens (tertiary/aromatic N) is 1. The third-order valence-electron chi connectivity index (χ3n) is 1.97. The molecule has 0 aliphatic rings. The topological polar surface area (TPSA) is 3.24 Å². The van der Waals surface area contributed by atoms with Crippen molar-refractivity contribution in [1.29, 1.82) is 0 Å². The van der Waals surface area contributed by atoms with Gasteiger partial charge in [-0.25, -0.2) is 0 Å². The van der Waals surface area contributed by atoms with E-state index in [1.54, 1.807) is 0 Å². The Balaban J connectivity index is 2.41. The van der Waals surface area contributed by atoms with Crippen molar-refractivity contribution in [3.63, 3.8) is 0 Å². The summed E-state index contributed by atoms with van der Waals surface area (Å²) < 4.78 is 0. The second kappa shape index (κ2) is 5.03. The zero-order valence-corrected chi connectivity index (χ0v) is 8.83. The normalized spacial score (nSPS) is 11.2. The first-order chi connectivity index (χ1) is 6.18. The standard InChI is InChI=1S/C12H19N/c1-11(2)9-13(3)10-12-7-5-4-6-8-12/h4-8,11H,9-10H2,1-3H3. The molecular formula is C12H19N. The Labute approximate surface area is 81.4 Å². The van der Waals surface area contributed by atoms with Crippen molar-refractivity contribution >= 4 is 0 Å². The van der Waals surface area contributed by atoms with Gasteiger partial charge < -0.3 is 4.90 Å². The summed E-state index contributed by atoms with van der Waals surface area (Å²) >= 11 is 0. The Morgan fingerprint density at radius 2 is 1.77 bits per heavy atom. The Bertz CT molecular complexity index is 228. The lowest BCUT2D eigenvalue weighted by molar-refractivity contribution is 0.288. The molecule has 0 aromatic heterocycles. The molecule has 0 heterocycles. The molecule has 0 aliphatic heterocycles. The van der Waals surface area contributed by atoms with Crippen LogP contribution in [0.2, 0.25) is 0 Å². The van der Waals surface area contributed by atoms with Gasteiger partial charge in [-0.3, -0.25) is 0 Å². The molecule has 0 saturated carbocycles. The minimum atomic E-state index is 0.744. The highest BCUT2D eigenvalue weighted by Crippen LogP contribution is 2.04. The molecule has 1 aromatic rings. The lowest BCUT2D eigenvalue weighted by Crippen LogP contribution is -2.22. The molecule has 0 aliphatic carbocycles. The van der Waals surface area contributed by atoms with Gasteiger partial charge in [0.2, 0.25) is 0 Å². The van der Waals surface area contributed by atoms with E-state index < -0.39 is 0 Å². The summed E-state index contributed by atoms with van der Waals surface area (Å²) in [6, 6.07) is 10.6. The van der Waals surface area contributed by atoms with Crippen LogP contribution in [0.5, 0.6) is 0 Å². The van der Waals surface area contributed by atoms with E-state index in [-0.39, 0.29) is 0 Å². The monoisotopic (exact) mass is 177 g/mol. The molecule has 0 bridgehead atoms. The summed E-state index contributed by atoms with van der Waals surface area (Å²) in [5, 5.41) is 0. The average molecular weight is 177 g/mol. The van der Waals surface area contributed by atoms with Crippen LogP contribution in [0.15, 0.2) is 30.3 Å². The van der Waals surface area contributed by atoms with Crippen LogP contribution in [0.4, 0.5) is 0 Å². The van der Waals surface area contributed by atoms with Gasteiger partial charge in [-0.05, 0) is 18.5 Å². The fourth-order valence-electron chi connectivity index (χ4n) is 1.58. The van der Waals surface area contributed by atoms with Crippen LogP contribution in [-0.2, 0) is 6.54 Å². The summed E-state index contributed by atoms with van der Waals surface area (Å²) in [7, 11) is 2.17. The molecule has 0 saturated heterocycles. The third kappa shape index (κ3) is 4.09. The Morgan fingerprint density at radius 3 is 2.31 bits per heavy atom. The van der Waals surface area contributed by atoms with Gasteiger partial charge >= 0.3 is 0 Å². The van der Waals surface area contributed by atoms with Crippen LogP contribution in [0.1, 0.15) is 19.4 Å². The summed E-state index contributed by atoms with van der Waals surface area (Å²) in [5.41, 5.74) is 1.39. The van der Waals surface area contributed by atoms with Crippen LogP contribution in [0, 0.1) is 5.92 Å². The van der Waals surface area contributed by atoms with Crippen molar-refractivity contribution in [1.82, 2.24) is 4.90 Å². The first kappa shape index (κ1) is 10.3. The molecule has 0 N–H and O–H groups in total. The van der Waals surface area contributed by atoms with Crippen molar-refractivity contribution in [3.05, 3.63) is 35.9 Å². The van der Waals surface area contributed by atoms with Gasteiger partial charge in [-0.2, -0.15) is 0 Å². The van der Waals surface area contributed by atoms with E-state index in [2.05, 4.69) is 56.1 Å². The number of rotatable bonds is 4. The number of hydrogen-bond acceptors (Lipinski definition) is 1. The van der Waals surface area contributed by atoms with Crippen molar-refractivity contribution in [3.8, 4) is 0 Å². The fraction of sp³-hybridized carbons (Fsp3) is 0.500. The van der Waals surface area contributed by atoms with E-state index in [1.165, 1.54) is 5.56 Å². The molecule has 1 heteroatoms. The molecule has 1 aromatic carbocycles. The van der Waals surface area contributed by atoms with E-state index in [4.69, 9.17) is 0 Å². The zero-order chi connectivity index (χ0) is 9.68. The summed E-state index contributed by atoms with van der Waals surface area (Å²) in [6.45, 7) is 6.72. The highest BCUT2D eigenvalue weighted by molar-refractivity contribution is 5.14. The van der Waals surface area contributed by atoms with Gasteiger partial charge in [0.1, 0.15) is 0 Å². The fourth-order valence-corrected chi connectivity index (χ4v) is 1.58. The number of benzene rings is 1. The highest BCUT2D eigenvalue weighted by atomic mass is 15.1. The molecule has 1 rings (SSSR count). The maximum atomic E-state index is 2.36.